The molecule has 0 amide bonds. The minimum Gasteiger partial charge on any atom is -0.342 e. The Balaban J connectivity index is 1.73. The second-order valence-corrected chi connectivity index (χ2v) is 11.7. The number of benzene rings is 2. The zero-order valence-electron chi connectivity index (χ0n) is 19.9. The number of hydrogen-bond donors (Lipinski definition) is 0. The molecule has 2 aromatic carbocycles. The van der Waals surface area contributed by atoms with Crippen molar-refractivity contribution in [1.82, 2.24) is 19.0 Å². The van der Waals surface area contributed by atoms with Crippen molar-refractivity contribution in [3.05, 3.63) is 67.0 Å². The Morgan fingerprint density at radius 2 is 1.31 bits per heavy atom. The summed E-state index contributed by atoms with van der Waals surface area (Å²) in [5.74, 6) is 1.56. The third-order valence-corrected chi connectivity index (χ3v) is 8.28. The Bertz CT molecular complexity index is 1350. The van der Waals surface area contributed by atoms with Crippen molar-refractivity contribution in [2.24, 2.45) is 4.99 Å². The molecular weight excluding hydrogens is 620 g/mol. The molecule has 188 valence electrons. The van der Waals surface area contributed by atoms with E-state index in [0.717, 1.165) is 84.1 Å². The van der Waals surface area contributed by atoms with Crippen molar-refractivity contribution in [3.8, 4) is 5.69 Å². The predicted octanol–water partition coefficient (Wildman–Crippen LogP) is 7.67. The quantitative estimate of drug-likeness (QED) is 0.166. The van der Waals surface area contributed by atoms with Gasteiger partial charge in [0.05, 0.1) is 11.4 Å². The van der Waals surface area contributed by atoms with Crippen LogP contribution in [-0.4, -0.2) is 51.2 Å². The van der Waals surface area contributed by atoms with Crippen LogP contribution in [0.3, 0.4) is 0 Å². The highest BCUT2D eigenvalue weighted by Gasteiger charge is 2.24. The van der Waals surface area contributed by atoms with Crippen LogP contribution in [0.15, 0.2) is 62.5 Å². The Morgan fingerprint density at radius 3 is 1.92 bits per heavy atom. The molecule has 2 aliphatic heterocycles. The average Bonchev–Trinajstić information content (AvgIpc) is 2.91. The Hall–Kier alpha value is -1.88. The molecule has 6 nitrogen and oxygen atoms in total. The lowest BCUT2D eigenvalue weighted by Gasteiger charge is -2.33. The molecule has 0 atom stereocenters. The van der Waals surface area contributed by atoms with Crippen LogP contribution < -0.4 is 4.90 Å². The van der Waals surface area contributed by atoms with Gasteiger partial charge in [-0.05, 0) is 111 Å². The number of likely N-dealkylation sites (tertiary alicyclic amines) is 1. The topological polar surface area (TPSA) is 41.6 Å². The molecular formula is C26H28Br2N6S2. The van der Waals surface area contributed by atoms with E-state index < -0.39 is 0 Å². The summed E-state index contributed by atoms with van der Waals surface area (Å²) in [6, 6.07) is 16.2. The van der Waals surface area contributed by atoms with Gasteiger partial charge in [0.25, 0.3) is 0 Å². The van der Waals surface area contributed by atoms with E-state index >= 15 is 0 Å². The summed E-state index contributed by atoms with van der Waals surface area (Å²) in [5, 5.41) is 0. The summed E-state index contributed by atoms with van der Waals surface area (Å²) in [4.78, 5) is 14.7. The summed E-state index contributed by atoms with van der Waals surface area (Å²) in [7, 11) is 0. The molecule has 0 saturated carbocycles. The zero-order chi connectivity index (χ0) is 25.1. The fraction of sp³-hybridized carbons (Fsp3) is 0.385. The highest BCUT2D eigenvalue weighted by atomic mass is 79.9. The molecule has 5 rings (SSSR count). The van der Waals surface area contributed by atoms with Gasteiger partial charge in [0, 0.05) is 35.1 Å². The van der Waals surface area contributed by atoms with Crippen molar-refractivity contribution in [2.75, 3.05) is 31.1 Å². The second-order valence-electron chi connectivity index (χ2n) is 9.11. The number of nitrogens with zero attached hydrogens (tertiary/aromatic N) is 6. The molecule has 3 heterocycles. The van der Waals surface area contributed by atoms with Crippen molar-refractivity contribution in [3.63, 3.8) is 0 Å². The zero-order valence-corrected chi connectivity index (χ0v) is 24.8. The number of piperidine rings is 2. The lowest BCUT2D eigenvalue weighted by Crippen LogP contribution is -2.42. The summed E-state index contributed by atoms with van der Waals surface area (Å²) in [5.41, 5.74) is 1.81. The minimum absolute atomic E-state index is 0.440. The number of hydrogen-bond acceptors (Lipinski definition) is 5. The Kier molecular flexibility index (Phi) is 8.35. The predicted molar refractivity (Wildman–Crippen MR) is 159 cm³/mol. The molecule has 0 bridgehead atoms. The van der Waals surface area contributed by atoms with Crippen molar-refractivity contribution in [2.45, 2.75) is 38.5 Å². The van der Waals surface area contributed by atoms with Crippen molar-refractivity contribution < 1.29 is 0 Å². The highest BCUT2D eigenvalue weighted by molar-refractivity contribution is 9.10. The fourth-order valence-corrected chi connectivity index (χ4v) is 5.92. The van der Waals surface area contributed by atoms with Crippen LogP contribution >= 0.6 is 56.3 Å². The van der Waals surface area contributed by atoms with E-state index in [1.807, 2.05) is 41.0 Å². The molecule has 3 aromatic rings. The summed E-state index contributed by atoms with van der Waals surface area (Å²) in [6.45, 7) is 3.72. The first kappa shape index (κ1) is 25.8. The maximum Gasteiger partial charge on any atom is 0.215 e. The molecule has 36 heavy (non-hydrogen) atoms. The SMILES string of the molecule is S=c1nc(N2CCCCC2)n(-c2ccc(Br)cc2)c(=S)n1C(=Nc1ccc(Br)cc1)N1CCCCC1. The molecule has 0 spiro atoms. The van der Waals surface area contributed by atoms with Crippen LogP contribution in [-0.2, 0) is 0 Å². The van der Waals surface area contributed by atoms with Crippen LogP contribution in [0.1, 0.15) is 38.5 Å². The Morgan fingerprint density at radius 1 is 0.750 bits per heavy atom. The number of aromatic nitrogens is 3. The number of anilines is 1. The number of halogens is 2. The second kappa shape index (κ2) is 11.7. The van der Waals surface area contributed by atoms with Gasteiger partial charge in [-0.15, -0.1) is 0 Å². The van der Waals surface area contributed by atoms with Gasteiger partial charge in [-0.2, -0.15) is 4.98 Å². The molecule has 10 heteroatoms. The van der Waals surface area contributed by atoms with Gasteiger partial charge in [0.2, 0.25) is 16.7 Å². The molecule has 2 aliphatic rings. The van der Waals surface area contributed by atoms with E-state index in [1.165, 1.54) is 12.8 Å². The van der Waals surface area contributed by atoms with Gasteiger partial charge in [0.1, 0.15) is 0 Å². The van der Waals surface area contributed by atoms with Crippen molar-refractivity contribution in [1.29, 1.82) is 0 Å². The van der Waals surface area contributed by atoms with Crippen LogP contribution in [0, 0.1) is 9.54 Å². The van der Waals surface area contributed by atoms with Crippen LogP contribution in [0.2, 0.25) is 0 Å². The van der Waals surface area contributed by atoms with Gasteiger partial charge in [0.15, 0.2) is 4.77 Å². The first-order valence-corrected chi connectivity index (χ1v) is 14.8. The van der Waals surface area contributed by atoms with E-state index in [2.05, 4.69) is 58.4 Å². The van der Waals surface area contributed by atoms with E-state index in [9.17, 15) is 0 Å². The summed E-state index contributed by atoms with van der Waals surface area (Å²) < 4.78 is 7.00. The number of rotatable bonds is 3. The highest BCUT2D eigenvalue weighted by Crippen LogP contribution is 2.26. The van der Waals surface area contributed by atoms with Gasteiger partial charge >= 0.3 is 0 Å². The van der Waals surface area contributed by atoms with E-state index in [4.69, 9.17) is 34.4 Å². The largest absolute Gasteiger partial charge is 0.342 e. The van der Waals surface area contributed by atoms with E-state index in [-0.39, 0.29) is 0 Å². The van der Waals surface area contributed by atoms with Gasteiger partial charge in [-0.25, -0.2) is 9.56 Å². The van der Waals surface area contributed by atoms with Gasteiger partial charge < -0.3 is 9.80 Å². The molecule has 0 unspecified atom stereocenters. The van der Waals surface area contributed by atoms with E-state index in [0.29, 0.717) is 9.54 Å². The summed E-state index contributed by atoms with van der Waals surface area (Å²) >= 11 is 19.2. The molecule has 0 aliphatic carbocycles. The normalized spacial score (nSPS) is 16.9. The third-order valence-electron chi connectivity index (χ3n) is 6.59. The molecule has 2 saturated heterocycles. The first-order chi connectivity index (χ1) is 17.5. The van der Waals surface area contributed by atoms with Crippen LogP contribution in [0.5, 0.6) is 0 Å². The molecule has 2 fully saturated rings. The lowest BCUT2D eigenvalue weighted by atomic mass is 10.1. The number of aliphatic imine (C=N–C) groups is 1. The smallest absolute Gasteiger partial charge is 0.215 e. The maximum atomic E-state index is 6.20. The standard InChI is InChI=1S/C26H28Br2N6S2/c27-19-7-11-21(12-8-19)29-23(31-15-3-1-4-16-31)34-25(35)30-24(32-17-5-2-6-18-32)33(26(34)36)22-13-9-20(28)10-14-22/h7-14H,1-6,15-18H2. The first-order valence-electron chi connectivity index (χ1n) is 12.4. The fourth-order valence-electron chi connectivity index (χ4n) is 4.73. The maximum absolute atomic E-state index is 6.20. The summed E-state index contributed by atoms with van der Waals surface area (Å²) in [6.07, 6.45) is 6.97. The average molecular weight is 648 g/mol. The van der Waals surface area contributed by atoms with Crippen LogP contribution in [0.4, 0.5) is 11.6 Å². The van der Waals surface area contributed by atoms with Gasteiger partial charge in [-0.1, -0.05) is 31.9 Å². The Labute approximate surface area is 238 Å². The van der Waals surface area contributed by atoms with Gasteiger partial charge in [-0.3, -0.25) is 4.57 Å². The lowest BCUT2D eigenvalue weighted by molar-refractivity contribution is 0.332. The molecule has 0 N–H and O–H groups in total. The molecule has 0 radical (unpaired) electrons. The third kappa shape index (κ3) is 5.66. The molecule has 1 aromatic heterocycles. The van der Waals surface area contributed by atoms with E-state index in [1.54, 1.807) is 0 Å². The van der Waals surface area contributed by atoms with Crippen molar-refractivity contribution >= 4 is 73.9 Å². The van der Waals surface area contributed by atoms with Crippen LogP contribution in [0.25, 0.3) is 5.69 Å². The monoisotopic (exact) mass is 646 g/mol. The minimum atomic E-state index is 0.440.